The number of carbonyl (C=O) groups excluding carboxylic acids is 2. The molecule has 38 heavy (non-hydrogen) atoms. The minimum atomic E-state index is -0.160. The summed E-state index contributed by atoms with van der Waals surface area (Å²) in [6.45, 7) is 4.06. The second-order valence-corrected chi connectivity index (χ2v) is 11.6. The Labute approximate surface area is 233 Å². The Balaban J connectivity index is 1.57. The second-order valence-electron chi connectivity index (χ2n) is 10.2. The van der Waals surface area contributed by atoms with Crippen LogP contribution in [0, 0.1) is 6.92 Å². The lowest BCUT2D eigenvalue weighted by Gasteiger charge is -2.41. The first kappa shape index (κ1) is 26.7. The Morgan fingerprint density at radius 1 is 1.11 bits per heavy atom. The lowest BCUT2D eigenvalue weighted by molar-refractivity contribution is -0.136. The highest BCUT2D eigenvalue weighted by molar-refractivity contribution is 8.02. The number of benzene rings is 2. The molecule has 1 aliphatic heterocycles. The summed E-state index contributed by atoms with van der Waals surface area (Å²) in [6.07, 6.45) is 5.77. The molecule has 6 nitrogen and oxygen atoms in total. The average Bonchev–Trinajstić information content (AvgIpc) is 3.42. The van der Waals surface area contributed by atoms with Crippen molar-refractivity contribution in [3.63, 3.8) is 0 Å². The van der Waals surface area contributed by atoms with Crippen molar-refractivity contribution in [2.45, 2.75) is 63.9 Å². The zero-order valence-corrected chi connectivity index (χ0v) is 23.9. The maximum atomic E-state index is 14.2. The lowest BCUT2D eigenvalue weighted by Crippen LogP contribution is -2.51. The Bertz CT molecular complexity index is 1390. The summed E-state index contributed by atoms with van der Waals surface area (Å²) in [5, 5.41) is 3.46. The number of ether oxygens (including phenoxy) is 1. The topological polar surface area (TPSA) is 65.6 Å². The fourth-order valence-corrected chi connectivity index (χ4v) is 7.08. The fourth-order valence-electron chi connectivity index (χ4n) is 5.70. The van der Waals surface area contributed by atoms with Gasteiger partial charge in [-0.2, -0.15) is 0 Å². The van der Waals surface area contributed by atoms with Gasteiger partial charge in [-0.15, -0.1) is 0 Å². The van der Waals surface area contributed by atoms with E-state index in [-0.39, 0.29) is 29.7 Å². The molecule has 1 aliphatic carbocycles. The van der Waals surface area contributed by atoms with Crippen molar-refractivity contribution >= 4 is 46.0 Å². The largest absolute Gasteiger partial charge is 0.496 e. The molecular weight excluding hydrogens is 518 g/mol. The van der Waals surface area contributed by atoms with E-state index in [0.29, 0.717) is 21.9 Å². The van der Waals surface area contributed by atoms with Crippen LogP contribution in [0.4, 0.5) is 0 Å². The number of ketones is 1. The molecule has 2 aromatic carbocycles. The van der Waals surface area contributed by atoms with Crippen LogP contribution >= 0.6 is 23.4 Å². The quantitative estimate of drug-likeness (QED) is 0.324. The minimum Gasteiger partial charge on any atom is -0.496 e. The Morgan fingerprint density at radius 2 is 1.82 bits per heavy atom. The van der Waals surface area contributed by atoms with Crippen LogP contribution in [0.2, 0.25) is 5.02 Å². The third-order valence-corrected chi connectivity index (χ3v) is 9.38. The van der Waals surface area contributed by atoms with Gasteiger partial charge in [0, 0.05) is 46.0 Å². The molecule has 2 heterocycles. The van der Waals surface area contributed by atoms with E-state index in [1.165, 1.54) is 6.42 Å². The fraction of sp³-hybridized carbons (Fsp3) is 0.400. The van der Waals surface area contributed by atoms with Crippen LogP contribution in [0.25, 0.3) is 10.9 Å². The maximum absolute atomic E-state index is 14.2. The number of nitrogens with one attached hydrogen (secondary N) is 1. The molecule has 0 saturated heterocycles. The number of fused-ring (bicyclic) bond motifs is 1. The summed E-state index contributed by atoms with van der Waals surface area (Å²) < 4.78 is 5.67. The number of aromatic amines is 1. The number of hydrogen-bond donors (Lipinski definition) is 1. The monoisotopic (exact) mass is 551 g/mol. The molecule has 1 saturated carbocycles. The Hall–Kier alpha value is -2.90. The predicted molar refractivity (Wildman–Crippen MR) is 155 cm³/mol. The van der Waals surface area contributed by atoms with Crippen molar-refractivity contribution in [1.29, 1.82) is 0 Å². The number of methoxy groups -OCH3 is 1. The van der Waals surface area contributed by atoms with Gasteiger partial charge in [0.25, 0.3) is 0 Å². The first-order valence-corrected chi connectivity index (χ1v) is 14.5. The molecule has 1 amide bonds. The summed E-state index contributed by atoms with van der Waals surface area (Å²) in [4.78, 5) is 35.7. The van der Waals surface area contributed by atoms with E-state index in [0.717, 1.165) is 53.5 Å². The lowest BCUT2D eigenvalue weighted by atomic mass is 9.93. The SMILES string of the molecule is COc1ccc2[nH]c(C)c(CC(=O)N(C3CCCCC3)C3SC=C(C)N3C)c2c1C(=O)c1ccc(Cl)cc1. The van der Waals surface area contributed by atoms with Crippen LogP contribution in [-0.4, -0.2) is 52.2 Å². The van der Waals surface area contributed by atoms with Gasteiger partial charge in [0.15, 0.2) is 11.3 Å². The van der Waals surface area contributed by atoms with E-state index in [1.54, 1.807) is 49.2 Å². The number of allylic oxidation sites excluding steroid dienone is 1. The van der Waals surface area contributed by atoms with E-state index in [9.17, 15) is 9.59 Å². The first-order valence-electron chi connectivity index (χ1n) is 13.1. The second kappa shape index (κ2) is 11.1. The van der Waals surface area contributed by atoms with E-state index in [2.05, 4.69) is 34.2 Å². The highest BCUT2D eigenvalue weighted by atomic mass is 35.5. The average molecular weight is 552 g/mol. The number of hydrogen-bond acceptors (Lipinski definition) is 5. The number of halogens is 1. The van der Waals surface area contributed by atoms with Gasteiger partial charge in [-0.05, 0) is 74.1 Å². The van der Waals surface area contributed by atoms with Crippen LogP contribution in [0.5, 0.6) is 5.75 Å². The Morgan fingerprint density at radius 3 is 2.45 bits per heavy atom. The smallest absolute Gasteiger partial charge is 0.229 e. The van der Waals surface area contributed by atoms with Crippen LogP contribution < -0.4 is 4.74 Å². The maximum Gasteiger partial charge on any atom is 0.229 e. The van der Waals surface area contributed by atoms with Crippen LogP contribution in [0.3, 0.4) is 0 Å². The van der Waals surface area contributed by atoms with Gasteiger partial charge in [0.2, 0.25) is 5.91 Å². The summed E-state index contributed by atoms with van der Waals surface area (Å²) >= 11 is 7.77. The number of thioether (sulfide) groups is 1. The molecule has 1 atom stereocenters. The number of amides is 1. The van der Waals surface area contributed by atoms with E-state index < -0.39 is 0 Å². The summed E-state index contributed by atoms with van der Waals surface area (Å²) in [7, 11) is 3.63. The zero-order valence-electron chi connectivity index (χ0n) is 22.3. The van der Waals surface area contributed by atoms with Gasteiger partial charge in [0.1, 0.15) is 5.75 Å². The number of carbonyl (C=O) groups is 2. The first-order chi connectivity index (χ1) is 18.3. The van der Waals surface area contributed by atoms with Gasteiger partial charge in [0.05, 0.1) is 19.1 Å². The number of rotatable bonds is 7. The summed E-state index contributed by atoms with van der Waals surface area (Å²) in [6, 6.07) is 10.8. The van der Waals surface area contributed by atoms with E-state index >= 15 is 0 Å². The number of H-pyrrole nitrogens is 1. The third-order valence-electron chi connectivity index (χ3n) is 7.87. The van der Waals surface area contributed by atoms with Crippen molar-refractivity contribution in [2.24, 2.45) is 0 Å². The van der Waals surface area contributed by atoms with Crippen molar-refractivity contribution in [1.82, 2.24) is 14.8 Å². The molecular formula is C30H34ClN3O3S. The van der Waals surface area contributed by atoms with Gasteiger partial charge in [-0.3, -0.25) is 9.59 Å². The van der Waals surface area contributed by atoms with Crippen molar-refractivity contribution < 1.29 is 14.3 Å². The summed E-state index contributed by atoms with van der Waals surface area (Å²) in [5.41, 5.74) is 4.64. The van der Waals surface area contributed by atoms with Crippen molar-refractivity contribution in [2.75, 3.05) is 14.2 Å². The molecule has 3 aromatic rings. The Kier molecular flexibility index (Phi) is 7.78. The van der Waals surface area contributed by atoms with Crippen molar-refractivity contribution in [3.05, 3.63) is 74.9 Å². The van der Waals surface area contributed by atoms with Gasteiger partial charge < -0.3 is 19.5 Å². The molecule has 1 unspecified atom stereocenters. The molecule has 1 N–H and O–H groups in total. The molecule has 1 fully saturated rings. The number of aryl methyl sites for hydroxylation is 1. The molecule has 5 rings (SSSR count). The standard InChI is InChI=1S/C30H34ClN3O3S/c1-18-17-38-30(33(18)3)34(22-8-6-5-7-9-22)26(35)16-23-19(2)32-24-14-15-25(37-4)28(27(23)24)29(36)20-10-12-21(31)13-11-20/h10-15,17,22,30,32H,5-9,16H2,1-4H3. The van der Waals surface area contributed by atoms with Crippen LogP contribution in [0.1, 0.15) is 66.2 Å². The van der Waals surface area contributed by atoms with Gasteiger partial charge in [-0.25, -0.2) is 0 Å². The molecule has 200 valence electrons. The normalized spacial score (nSPS) is 18.1. The van der Waals surface area contributed by atoms with Crippen LogP contribution in [0.15, 0.2) is 47.5 Å². The molecule has 0 bridgehead atoms. The minimum absolute atomic E-state index is 0.0548. The van der Waals surface area contributed by atoms with E-state index in [4.69, 9.17) is 16.3 Å². The van der Waals surface area contributed by atoms with Crippen LogP contribution in [-0.2, 0) is 11.2 Å². The van der Waals surface area contributed by atoms with Gasteiger partial charge in [-0.1, -0.05) is 42.6 Å². The molecule has 2 aliphatic rings. The highest BCUT2D eigenvalue weighted by Crippen LogP contribution is 2.38. The molecule has 8 heteroatoms. The van der Waals surface area contributed by atoms with Crippen molar-refractivity contribution in [3.8, 4) is 5.75 Å². The molecule has 0 spiro atoms. The van der Waals surface area contributed by atoms with Gasteiger partial charge >= 0.3 is 0 Å². The molecule has 0 radical (unpaired) electrons. The van der Waals surface area contributed by atoms with E-state index in [1.807, 2.05) is 13.0 Å². The highest BCUT2D eigenvalue weighted by Gasteiger charge is 2.37. The third kappa shape index (κ3) is 4.94. The molecule has 1 aromatic heterocycles. The summed E-state index contributed by atoms with van der Waals surface area (Å²) in [5.74, 6) is 0.410. The number of aromatic nitrogens is 1. The predicted octanol–water partition coefficient (Wildman–Crippen LogP) is 6.90. The zero-order chi connectivity index (χ0) is 27.0. The number of nitrogens with zero attached hydrogens (tertiary/aromatic N) is 2.